The number of nitrogens with one attached hydrogen (secondary N) is 3. The summed E-state index contributed by atoms with van der Waals surface area (Å²) in [6.45, 7) is -1.39. The summed E-state index contributed by atoms with van der Waals surface area (Å²) in [5, 5.41) is 16.9. The molecule has 0 aliphatic carbocycles. The summed E-state index contributed by atoms with van der Waals surface area (Å²) in [4.78, 5) is 54.1. The van der Waals surface area contributed by atoms with Crippen molar-refractivity contribution in [3.63, 3.8) is 0 Å². The van der Waals surface area contributed by atoms with Crippen LogP contribution in [0.2, 0.25) is 0 Å². The molecule has 1 atom stereocenters. The molecule has 0 unspecified atom stereocenters. The minimum absolute atomic E-state index is 0.0630. The number of pyridine rings is 1. The Hall–Kier alpha value is -4.58. The number of rotatable bonds is 8. The third-order valence-corrected chi connectivity index (χ3v) is 5.40. The lowest BCUT2D eigenvalue weighted by Gasteiger charge is -2.19. The summed E-state index contributed by atoms with van der Waals surface area (Å²) in [5.41, 5.74) is 0.745. The Morgan fingerprint density at radius 2 is 1.92 bits per heavy atom. The summed E-state index contributed by atoms with van der Waals surface area (Å²) in [6, 6.07) is 6.58. The molecule has 0 bridgehead atoms. The van der Waals surface area contributed by atoms with Crippen LogP contribution in [-0.2, 0) is 14.4 Å². The van der Waals surface area contributed by atoms with Crippen LogP contribution in [0.1, 0.15) is 29.6 Å². The highest BCUT2D eigenvalue weighted by Crippen LogP contribution is 2.31. The number of amides is 4. The van der Waals surface area contributed by atoms with Crippen molar-refractivity contribution in [2.45, 2.75) is 31.2 Å². The average molecular weight is 496 g/mol. The number of hydrogen-bond donors (Lipinski definition) is 3. The lowest BCUT2D eigenvalue weighted by molar-refractivity contribution is -0.131. The molecule has 36 heavy (non-hydrogen) atoms. The van der Waals surface area contributed by atoms with Crippen LogP contribution in [0.25, 0.3) is 10.9 Å². The molecule has 3 rings (SSSR count). The third-order valence-electron chi connectivity index (χ3n) is 5.40. The molecule has 1 fully saturated rings. The fourth-order valence-corrected chi connectivity index (χ4v) is 3.70. The molecule has 10 nitrogen and oxygen atoms in total. The van der Waals surface area contributed by atoms with E-state index in [1.165, 1.54) is 12.3 Å². The summed E-state index contributed by atoms with van der Waals surface area (Å²) in [7, 11) is 0. The van der Waals surface area contributed by atoms with Crippen molar-refractivity contribution in [3.05, 3.63) is 36.0 Å². The molecule has 3 N–H and O–H groups in total. The fraction of sp³-hybridized carbons (Fsp3) is 0.333. The smallest absolute Gasteiger partial charge is 0.268 e. The van der Waals surface area contributed by atoms with E-state index in [1.54, 1.807) is 24.3 Å². The Kier molecular flexibility index (Phi) is 8.12. The second-order valence-electron chi connectivity index (χ2n) is 8.00. The van der Waals surface area contributed by atoms with Crippen LogP contribution >= 0.6 is 0 Å². The number of likely N-dealkylation sites (tertiary alicyclic amines) is 1. The van der Waals surface area contributed by atoms with Crippen LogP contribution in [-0.4, -0.2) is 65.1 Å². The number of carbonyl (C=O) groups excluding carboxylic acids is 4. The number of para-hydroxylation sites is 1. The van der Waals surface area contributed by atoms with Gasteiger partial charge in [-0.15, -0.1) is 6.42 Å². The van der Waals surface area contributed by atoms with Gasteiger partial charge in [-0.1, -0.05) is 18.1 Å². The number of carbonyl (C=O) groups is 4. The third kappa shape index (κ3) is 6.30. The number of halogens is 2. The SMILES string of the molecule is C#CCNC(=O)CCC(=O)Nc1cccc2c(C(=O)NCC(=O)N3CC(F)(F)C[C@H]3C#N)ccnc12. The Bertz CT molecular complexity index is 1280. The van der Waals surface area contributed by atoms with Gasteiger partial charge in [0.15, 0.2) is 0 Å². The van der Waals surface area contributed by atoms with Crippen LogP contribution in [0, 0.1) is 23.7 Å². The molecular weight excluding hydrogens is 474 g/mol. The fourth-order valence-electron chi connectivity index (χ4n) is 3.70. The van der Waals surface area contributed by atoms with Gasteiger partial charge < -0.3 is 20.9 Å². The van der Waals surface area contributed by atoms with Gasteiger partial charge in [-0.05, 0) is 12.1 Å². The van der Waals surface area contributed by atoms with Gasteiger partial charge in [-0.25, -0.2) is 8.78 Å². The van der Waals surface area contributed by atoms with Gasteiger partial charge in [0, 0.05) is 30.8 Å². The molecular formula is C24H22F2N6O4. The first-order chi connectivity index (χ1) is 17.1. The van der Waals surface area contributed by atoms with E-state index in [-0.39, 0.29) is 30.9 Å². The van der Waals surface area contributed by atoms with E-state index in [9.17, 15) is 28.0 Å². The largest absolute Gasteiger partial charge is 0.345 e. The van der Waals surface area contributed by atoms with Gasteiger partial charge in [0.2, 0.25) is 17.7 Å². The Balaban J connectivity index is 1.67. The number of benzene rings is 1. The molecule has 4 amide bonds. The van der Waals surface area contributed by atoms with E-state index >= 15 is 0 Å². The number of nitrogens with zero attached hydrogens (tertiary/aromatic N) is 3. The molecule has 0 radical (unpaired) electrons. The zero-order chi connectivity index (χ0) is 26.3. The van der Waals surface area contributed by atoms with E-state index in [1.807, 2.05) is 0 Å². The Morgan fingerprint density at radius 1 is 1.17 bits per heavy atom. The molecule has 2 aromatic rings. The molecule has 186 valence electrons. The average Bonchev–Trinajstić information content (AvgIpc) is 3.19. The predicted molar refractivity (Wildman–Crippen MR) is 124 cm³/mol. The first-order valence-corrected chi connectivity index (χ1v) is 10.9. The van der Waals surface area contributed by atoms with E-state index < -0.39 is 49.2 Å². The molecule has 12 heteroatoms. The normalized spacial score (nSPS) is 16.0. The number of terminal acetylenes is 1. The number of hydrogen-bond acceptors (Lipinski definition) is 6. The van der Waals surface area contributed by atoms with Gasteiger partial charge in [0.05, 0.1) is 42.5 Å². The maximum absolute atomic E-state index is 13.6. The Labute approximate surface area is 205 Å². The van der Waals surface area contributed by atoms with Gasteiger partial charge in [-0.2, -0.15) is 5.26 Å². The van der Waals surface area contributed by atoms with Crippen molar-refractivity contribution in [2.24, 2.45) is 0 Å². The second kappa shape index (κ2) is 11.2. The quantitative estimate of drug-likeness (QED) is 0.469. The topological polar surface area (TPSA) is 144 Å². The summed E-state index contributed by atoms with van der Waals surface area (Å²) >= 11 is 0. The van der Waals surface area contributed by atoms with E-state index in [4.69, 9.17) is 11.7 Å². The van der Waals surface area contributed by atoms with E-state index in [0.717, 1.165) is 4.90 Å². The second-order valence-corrected chi connectivity index (χ2v) is 8.00. The zero-order valence-electron chi connectivity index (χ0n) is 19.0. The number of aromatic nitrogens is 1. The van der Waals surface area contributed by atoms with Gasteiger partial charge in [0.1, 0.15) is 6.04 Å². The number of fused-ring (bicyclic) bond motifs is 1. The molecule has 2 heterocycles. The number of anilines is 1. The highest BCUT2D eigenvalue weighted by atomic mass is 19.3. The van der Waals surface area contributed by atoms with Gasteiger partial charge in [-0.3, -0.25) is 24.2 Å². The van der Waals surface area contributed by atoms with Crippen LogP contribution in [0.5, 0.6) is 0 Å². The summed E-state index contributed by atoms with van der Waals surface area (Å²) < 4.78 is 27.2. The Morgan fingerprint density at radius 3 is 2.64 bits per heavy atom. The molecule has 1 aliphatic heterocycles. The van der Waals surface area contributed by atoms with Crippen molar-refractivity contribution in [2.75, 3.05) is 25.0 Å². The lowest BCUT2D eigenvalue weighted by atomic mass is 10.1. The van der Waals surface area contributed by atoms with Crippen molar-refractivity contribution in [3.8, 4) is 18.4 Å². The predicted octanol–water partition coefficient (Wildman–Crippen LogP) is 1.19. The monoisotopic (exact) mass is 496 g/mol. The highest BCUT2D eigenvalue weighted by molar-refractivity contribution is 6.10. The standard InChI is InChI=1S/C24H22F2N6O4/c1-2-9-28-19(33)6-7-20(34)31-18-5-3-4-16-17(8-10-29-22(16)18)23(36)30-13-21(35)32-14-24(25,26)11-15(32)12-27/h1,3-5,8,10,15H,6-7,9,11,13-14H2,(H,28,33)(H,30,36)(H,31,34)/t15-/m0/s1. The summed E-state index contributed by atoms with van der Waals surface area (Å²) in [6.07, 6.45) is 5.49. The molecule has 1 saturated heterocycles. The molecule has 0 spiro atoms. The van der Waals surface area contributed by atoms with Gasteiger partial charge >= 0.3 is 0 Å². The van der Waals surface area contributed by atoms with Crippen LogP contribution < -0.4 is 16.0 Å². The van der Waals surface area contributed by atoms with E-state index in [0.29, 0.717) is 16.6 Å². The van der Waals surface area contributed by atoms with Crippen LogP contribution in [0.4, 0.5) is 14.5 Å². The van der Waals surface area contributed by atoms with Crippen molar-refractivity contribution < 1.29 is 28.0 Å². The molecule has 1 aromatic carbocycles. The van der Waals surface area contributed by atoms with Crippen molar-refractivity contribution in [1.82, 2.24) is 20.5 Å². The lowest BCUT2D eigenvalue weighted by Crippen LogP contribution is -2.43. The molecule has 1 aromatic heterocycles. The minimum Gasteiger partial charge on any atom is -0.345 e. The minimum atomic E-state index is -3.16. The van der Waals surface area contributed by atoms with Crippen molar-refractivity contribution >= 4 is 40.2 Å². The van der Waals surface area contributed by atoms with Crippen LogP contribution in [0.3, 0.4) is 0 Å². The molecule has 0 saturated carbocycles. The number of nitriles is 1. The first kappa shape index (κ1) is 26.0. The number of alkyl halides is 2. The van der Waals surface area contributed by atoms with Crippen molar-refractivity contribution in [1.29, 1.82) is 5.26 Å². The maximum Gasteiger partial charge on any atom is 0.268 e. The molecule has 1 aliphatic rings. The van der Waals surface area contributed by atoms with Gasteiger partial charge in [0.25, 0.3) is 11.8 Å². The maximum atomic E-state index is 13.6. The highest BCUT2D eigenvalue weighted by Gasteiger charge is 2.47. The zero-order valence-corrected chi connectivity index (χ0v) is 19.0. The summed E-state index contributed by atoms with van der Waals surface area (Å²) in [5.74, 6) is -3.18. The first-order valence-electron chi connectivity index (χ1n) is 10.9. The van der Waals surface area contributed by atoms with Crippen LogP contribution in [0.15, 0.2) is 30.5 Å². The van der Waals surface area contributed by atoms with E-state index in [2.05, 4.69) is 26.9 Å².